The molecule has 0 bridgehead atoms. The molecule has 1 unspecified atom stereocenters. The number of esters is 1. The molecule has 23 heavy (non-hydrogen) atoms. The summed E-state index contributed by atoms with van der Waals surface area (Å²) in [6.45, 7) is 13.7. The Bertz CT molecular complexity index is 572. The van der Waals surface area contributed by atoms with Gasteiger partial charge in [0.05, 0.1) is 6.61 Å². The second-order valence-electron chi connectivity index (χ2n) is 7.66. The predicted molar refractivity (Wildman–Crippen MR) is 92.7 cm³/mol. The van der Waals surface area contributed by atoms with Gasteiger partial charge in [0.15, 0.2) is 6.10 Å². The van der Waals surface area contributed by atoms with Crippen LogP contribution in [0.5, 0.6) is 0 Å². The first-order valence-corrected chi connectivity index (χ1v) is 8.66. The van der Waals surface area contributed by atoms with E-state index in [0.717, 1.165) is 12.0 Å². The molecule has 1 aromatic carbocycles. The van der Waals surface area contributed by atoms with Crippen molar-refractivity contribution in [3.63, 3.8) is 0 Å². The van der Waals surface area contributed by atoms with Crippen LogP contribution < -0.4 is 0 Å². The molecule has 1 aliphatic rings. The molecule has 1 aromatic rings. The molecule has 1 atom stereocenters. The number of rotatable bonds is 5. The number of fused-ring (bicyclic) bond motifs is 1. The zero-order valence-corrected chi connectivity index (χ0v) is 15.4. The van der Waals surface area contributed by atoms with Gasteiger partial charge >= 0.3 is 5.97 Å². The minimum atomic E-state index is -0.633. The van der Waals surface area contributed by atoms with Crippen molar-refractivity contribution in [1.82, 2.24) is 0 Å². The second-order valence-corrected chi connectivity index (χ2v) is 7.66. The van der Waals surface area contributed by atoms with Crippen LogP contribution in [0.2, 0.25) is 0 Å². The summed E-state index contributed by atoms with van der Waals surface area (Å²) in [4.78, 5) is 12.2. The summed E-state index contributed by atoms with van der Waals surface area (Å²) in [7, 11) is 0. The Morgan fingerprint density at radius 3 is 2.22 bits per heavy atom. The van der Waals surface area contributed by atoms with Crippen LogP contribution in [0, 0.1) is 0 Å². The van der Waals surface area contributed by atoms with Crippen LogP contribution in [0.3, 0.4) is 0 Å². The highest BCUT2D eigenvalue weighted by molar-refractivity contribution is 5.76. The van der Waals surface area contributed by atoms with E-state index in [2.05, 4.69) is 39.8 Å². The lowest BCUT2D eigenvalue weighted by atomic mass is 9.63. The van der Waals surface area contributed by atoms with Crippen LogP contribution in [0.1, 0.15) is 77.2 Å². The molecule has 3 heteroatoms. The Morgan fingerprint density at radius 2 is 1.65 bits per heavy atom. The van der Waals surface area contributed by atoms with Gasteiger partial charge in [0.2, 0.25) is 0 Å². The summed E-state index contributed by atoms with van der Waals surface area (Å²) in [6.07, 6.45) is 1.69. The molecule has 0 saturated heterocycles. The minimum Gasteiger partial charge on any atom is -0.464 e. The molecule has 0 spiro atoms. The minimum absolute atomic E-state index is 0.117. The Kier molecular flexibility index (Phi) is 5.20. The molecule has 0 aromatic heterocycles. The lowest BCUT2D eigenvalue weighted by molar-refractivity contribution is -0.157. The maximum atomic E-state index is 12.2. The summed E-state index contributed by atoms with van der Waals surface area (Å²) in [5, 5.41) is 0. The van der Waals surface area contributed by atoms with Crippen LogP contribution in [0.15, 0.2) is 18.2 Å². The number of ether oxygens (including phenoxy) is 2. The van der Waals surface area contributed by atoms with E-state index >= 15 is 0 Å². The van der Waals surface area contributed by atoms with E-state index in [-0.39, 0.29) is 16.8 Å². The molecular formula is C20H30O3. The summed E-state index contributed by atoms with van der Waals surface area (Å²) in [6, 6.07) is 6.36. The molecule has 2 rings (SSSR count). The van der Waals surface area contributed by atoms with Gasteiger partial charge in [-0.05, 0) is 54.2 Å². The fourth-order valence-electron chi connectivity index (χ4n) is 3.45. The fraction of sp³-hybridized carbons (Fsp3) is 0.650. The summed E-state index contributed by atoms with van der Waals surface area (Å²) in [5.41, 5.74) is 3.91. The summed E-state index contributed by atoms with van der Waals surface area (Å²) >= 11 is 0. The molecule has 0 saturated carbocycles. The maximum Gasteiger partial charge on any atom is 0.339 e. The molecule has 0 radical (unpaired) electrons. The Hall–Kier alpha value is -1.35. The number of hydrogen-bond donors (Lipinski definition) is 0. The molecule has 0 N–H and O–H groups in total. The smallest absolute Gasteiger partial charge is 0.339 e. The van der Waals surface area contributed by atoms with Crippen LogP contribution in [-0.2, 0) is 25.1 Å². The topological polar surface area (TPSA) is 35.5 Å². The number of carbonyl (C=O) groups is 1. The summed E-state index contributed by atoms with van der Waals surface area (Å²) < 4.78 is 10.9. The third kappa shape index (κ3) is 3.60. The lowest BCUT2D eigenvalue weighted by Crippen LogP contribution is -2.34. The zero-order valence-electron chi connectivity index (χ0n) is 15.4. The number of benzene rings is 1. The first kappa shape index (κ1) is 18.0. The van der Waals surface area contributed by atoms with Gasteiger partial charge in [0.25, 0.3) is 0 Å². The maximum absolute atomic E-state index is 12.2. The van der Waals surface area contributed by atoms with Crippen molar-refractivity contribution in [2.75, 3.05) is 13.2 Å². The highest BCUT2D eigenvalue weighted by Gasteiger charge is 2.37. The Labute approximate surface area is 140 Å². The van der Waals surface area contributed by atoms with Gasteiger partial charge in [-0.1, -0.05) is 45.9 Å². The predicted octanol–water partition coefficient (Wildman–Crippen LogP) is 4.68. The summed E-state index contributed by atoms with van der Waals surface area (Å²) in [5.74, 6) is -0.304. The van der Waals surface area contributed by atoms with Crippen molar-refractivity contribution < 1.29 is 14.3 Å². The largest absolute Gasteiger partial charge is 0.464 e. The Balaban J connectivity index is 2.47. The van der Waals surface area contributed by atoms with Crippen molar-refractivity contribution >= 4 is 5.97 Å². The van der Waals surface area contributed by atoms with Crippen LogP contribution in [0.4, 0.5) is 0 Å². The zero-order chi connectivity index (χ0) is 17.3. The van der Waals surface area contributed by atoms with E-state index < -0.39 is 6.10 Å². The van der Waals surface area contributed by atoms with E-state index in [0.29, 0.717) is 13.2 Å². The number of hydrogen-bond acceptors (Lipinski definition) is 3. The van der Waals surface area contributed by atoms with E-state index in [4.69, 9.17) is 9.47 Å². The Morgan fingerprint density at radius 1 is 1.04 bits per heavy atom. The monoisotopic (exact) mass is 318 g/mol. The molecule has 0 fully saturated rings. The molecule has 1 aliphatic carbocycles. The number of carbonyl (C=O) groups excluding carboxylic acids is 1. The average Bonchev–Trinajstić information content (AvgIpc) is 2.49. The average molecular weight is 318 g/mol. The van der Waals surface area contributed by atoms with E-state index in [9.17, 15) is 4.79 Å². The second kappa shape index (κ2) is 6.64. The van der Waals surface area contributed by atoms with Crippen molar-refractivity contribution in [2.45, 2.75) is 71.3 Å². The van der Waals surface area contributed by atoms with Crippen LogP contribution in [0.25, 0.3) is 0 Å². The lowest BCUT2D eigenvalue weighted by Gasteiger charge is -2.42. The first-order valence-electron chi connectivity index (χ1n) is 8.66. The van der Waals surface area contributed by atoms with Crippen LogP contribution in [-0.4, -0.2) is 19.2 Å². The molecule has 3 nitrogen and oxygen atoms in total. The van der Waals surface area contributed by atoms with Gasteiger partial charge in [-0.15, -0.1) is 0 Å². The standard InChI is InChI=1S/C20H30O3/c1-7-22-17(18(21)23-8-2)14-9-10-15-16(13-14)20(5,6)12-11-19(15,3)4/h9-10,13,17H,7-8,11-12H2,1-6H3. The van der Waals surface area contributed by atoms with Gasteiger partial charge < -0.3 is 9.47 Å². The van der Waals surface area contributed by atoms with E-state index in [1.807, 2.05) is 19.9 Å². The SMILES string of the molecule is CCOC(=O)C(OCC)c1ccc2c(c1)C(C)(C)CCC2(C)C. The first-order chi connectivity index (χ1) is 10.7. The molecule has 0 aliphatic heterocycles. The highest BCUT2D eigenvalue weighted by atomic mass is 16.6. The van der Waals surface area contributed by atoms with E-state index in [1.165, 1.54) is 17.5 Å². The fourth-order valence-corrected chi connectivity index (χ4v) is 3.45. The van der Waals surface area contributed by atoms with Crippen molar-refractivity contribution in [3.05, 3.63) is 34.9 Å². The van der Waals surface area contributed by atoms with E-state index in [1.54, 1.807) is 0 Å². The van der Waals surface area contributed by atoms with Crippen LogP contribution >= 0.6 is 0 Å². The normalized spacial score (nSPS) is 19.7. The van der Waals surface area contributed by atoms with Gasteiger partial charge in [-0.3, -0.25) is 0 Å². The molecule has 0 amide bonds. The van der Waals surface area contributed by atoms with Gasteiger partial charge in [0, 0.05) is 6.61 Å². The van der Waals surface area contributed by atoms with Crippen molar-refractivity contribution in [3.8, 4) is 0 Å². The molecule has 0 heterocycles. The third-order valence-corrected chi connectivity index (χ3v) is 5.01. The van der Waals surface area contributed by atoms with Gasteiger partial charge in [-0.25, -0.2) is 4.79 Å². The third-order valence-electron chi connectivity index (χ3n) is 5.01. The highest BCUT2D eigenvalue weighted by Crippen LogP contribution is 2.46. The van der Waals surface area contributed by atoms with Gasteiger partial charge in [0.1, 0.15) is 0 Å². The quantitative estimate of drug-likeness (QED) is 0.740. The van der Waals surface area contributed by atoms with Crippen molar-refractivity contribution in [1.29, 1.82) is 0 Å². The van der Waals surface area contributed by atoms with Gasteiger partial charge in [-0.2, -0.15) is 0 Å². The molecular weight excluding hydrogens is 288 g/mol. The van der Waals surface area contributed by atoms with Crippen molar-refractivity contribution in [2.24, 2.45) is 0 Å². The molecule has 128 valence electrons.